The first-order valence-electron chi connectivity index (χ1n) is 11.9. The van der Waals surface area contributed by atoms with Crippen LogP contribution >= 0.6 is 0 Å². The number of methoxy groups -OCH3 is 1. The summed E-state index contributed by atoms with van der Waals surface area (Å²) in [5.41, 5.74) is 0.819. The number of aliphatic carboxylic acids is 1. The maximum Gasteiger partial charge on any atom is 0.326 e. The Kier molecular flexibility index (Phi) is 8.84. The summed E-state index contributed by atoms with van der Waals surface area (Å²) in [5.74, 6) is -2.13. The van der Waals surface area contributed by atoms with Crippen molar-refractivity contribution < 1.29 is 33.9 Å². The molecule has 2 atom stereocenters. The topological polar surface area (TPSA) is 174 Å². The van der Waals surface area contributed by atoms with E-state index in [-0.39, 0.29) is 47.4 Å². The molecule has 0 aliphatic carbocycles. The minimum Gasteiger partial charge on any atom is -0.490 e. The van der Waals surface area contributed by atoms with E-state index >= 15 is 0 Å². The van der Waals surface area contributed by atoms with Crippen molar-refractivity contribution in [3.05, 3.63) is 52.2 Å². The van der Waals surface area contributed by atoms with Crippen molar-refractivity contribution in [2.24, 2.45) is 5.92 Å². The molecule has 0 saturated heterocycles. The molecule has 2 aromatic heterocycles. The van der Waals surface area contributed by atoms with E-state index in [4.69, 9.17) is 9.47 Å². The van der Waals surface area contributed by atoms with Crippen LogP contribution in [0.25, 0.3) is 16.9 Å². The zero-order valence-electron chi connectivity index (χ0n) is 21.4. The van der Waals surface area contributed by atoms with E-state index in [1.54, 1.807) is 24.3 Å². The average Bonchev–Trinajstić information content (AvgIpc) is 3.27. The van der Waals surface area contributed by atoms with E-state index in [9.17, 15) is 29.6 Å². The molecule has 1 amide bonds. The summed E-state index contributed by atoms with van der Waals surface area (Å²) in [7, 11) is 1.32. The SMILES string of the molecule is CCOC(=O)CNc1c(-c2ccc(OC)c([N+](=O)[O-])c2)nc2cc(C(=O)NC(C(=O)O)C(C)CC)ccn12. The average molecular weight is 528 g/mol. The van der Waals surface area contributed by atoms with Crippen molar-refractivity contribution in [3.8, 4) is 17.0 Å². The summed E-state index contributed by atoms with van der Waals surface area (Å²) >= 11 is 0. The number of hydrogen-bond donors (Lipinski definition) is 3. The number of carboxylic acid groups (broad SMARTS) is 1. The molecule has 0 bridgehead atoms. The Hall–Kier alpha value is -4.68. The molecule has 2 heterocycles. The second-order valence-electron chi connectivity index (χ2n) is 8.43. The van der Waals surface area contributed by atoms with Crippen LogP contribution in [0.15, 0.2) is 36.5 Å². The van der Waals surface area contributed by atoms with Gasteiger partial charge in [-0.2, -0.15) is 0 Å². The largest absolute Gasteiger partial charge is 0.490 e. The summed E-state index contributed by atoms with van der Waals surface area (Å²) in [6.07, 6.45) is 2.09. The number of ether oxygens (including phenoxy) is 2. The van der Waals surface area contributed by atoms with E-state index in [0.717, 1.165) is 0 Å². The first-order chi connectivity index (χ1) is 18.1. The minimum absolute atomic E-state index is 0.0665. The number of benzene rings is 1. The molecule has 1 aromatic carbocycles. The first kappa shape index (κ1) is 27.9. The number of carboxylic acids is 1. The third kappa shape index (κ3) is 5.99. The fourth-order valence-corrected chi connectivity index (χ4v) is 3.81. The van der Waals surface area contributed by atoms with Gasteiger partial charge in [0.2, 0.25) is 0 Å². The van der Waals surface area contributed by atoms with Crippen LogP contribution in [0.5, 0.6) is 5.75 Å². The number of nitrogens with one attached hydrogen (secondary N) is 2. The first-order valence-corrected chi connectivity index (χ1v) is 11.9. The molecular weight excluding hydrogens is 498 g/mol. The third-order valence-electron chi connectivity index (χ3n) is 6.01. The van der Waals surface area contributed by atoms with Crippen LogP contribution in [-0.4, -0.2) is 63.6 Å². The van der Waals surface area contributed by atoms with Gasteiger partial charge in [-0.3, -0.25) is 24.1 Å². The molecule has 3 N–H and O–H groups in total. The van der Waals surface area contributed by atoms with Crippen LogP contribution in [0.1, 0.15) is 37.6 Å². The van der Waals surface area contributed by atoms with Gasteiger partial charge in [-0.15, -0.1) is 0 Å². The monoisotopic (exact) mass is 527 g/mol. The molecule has 3 aromatic rings. The van der Waals surface area contributed by atoms with Crippen LogP contribution in [0.4, 0.5) is 11.5 Å². The summed E-state index contributed by atoms with van der Waals surface area (Å²) in [6.45, 7) is 5.23. The van der Waals surface area contributed by atoms with E-state index in [1.807, 2.05) is 6.92 Å². The third-order valence-corrected chi connectivity index (χ3v) is 6.01. The van der Waals surface area contributed by atoms with Crippen molar-refractivity contribution in [2.45, 2.75) is 33.2 Å². The predicted molar refractivity (Wildman–Crippen MR) is 137 cm³/mol. The lowest BCUT2D eigenvalue weighted by atomic mass is 9.99. The Balaban J connectivity index is 2.08. The quantitative estimate of drug-likeness (QED) is 0.180. The van der Waals surface area contributed by atoms with Crippen LogP contribution in [0, 0.1) is 16.0 Å². The predicted octanol–water partition coefficient (Wildman–Crippen LogP) is 3.12. The van der Waals surface area contributed by atoms with Crippen LogP contribution in [0.3, 0.4) is 0 Å². The second kappa shape index (κ2) is 12.0. The molecule has 0 fully saturated rings. The molecule has 0 saturated carbocycles. The number of hydrogen-bond acceptors (Lipinski definition) is 9. The van der Waals surface area contributed by atoms with Crippen molar-refractivity contribution in [1.29, 1.82) is 0 Å². The molecule has 0 aliphatic heterocycles. The molecular formula is C25H29N5O8. The molecule has 0 spiro atoms. The highest BCUT2D eigenvalue weighted by Gasteiger charge is 2.26. The fraction of sp³-hybridized carbons (Fsp3) is 0.360. The fourth-order valence-electron chi connectivity index (χ4n) is 3.81. The van der Waals surface area contributed by atoms with E-state index in [2.05, 4.69) is 15.6 Å². The highest BCUT2D eigenvalue weighted by atomic mass is 16.6. The maximum atomic E-state index is 12.9. The minimum atomic E-state index is -1.14. The van der Waals surface area contributed by atoms with Crippen molar-refractivity contribution in [2.75, 3.05) is 25.6 Å². The Labute approximate surface area is 217 Å². The summed E-state index contributed by atoms with van der Waals surface area (Å²) in [5, 5.41) is 26.6. The molecule has 2 unspecified atom stereocenters. The maximum absolute atomic E-state index is 12.9. The number of nitrogens with zero attached hydrogens (tertiary/aromatic N) is 3. The number of nitro groups is 1. The summed E-state index contributed by atoms with van der Waals surface area (Å²) in [6, 6.07) is 6.19. The Morgan fingerprint density at radius 2 is 1.95 bits per heavy atom. The smallest absolute Gasteiger partial charge is 0.326 e. The molecule has 38 heavy (non-hydrogen) atoms. The number of rotatable bonds is 12. The molecule has 0 radical (unpaired) electrons. The van der Waals surface area contributed by atoms with Gasteiger partial charge in [0.05, 0.1) is 18.6 Å². The molecule has 202 valence electrons. The van der Waals surface area contributed by atoms with Gasteiger partial charge >= 0.3 is 17.6 Å². The van der Waals surface area contributed by atoms with Gasteiger partial charge in [-0.05, 0) is 37.1 Å². The number of esters is 1. The Morgan fingerprint density at radius 3 is 2.55 bits per heavy atom. The summed E-state index contributed by atoms with van der Waals surface area (Å²) in [4.78, 5) is 52.1. The number of pyridine rings is 1. The Morgan fingerprint density at radius 1 is 1.21 bits per heavy atom. The van der Waals surface area contributed by atoms with Gasteiger partial charge in [-0.1, -0.05) is 20.3 Å². The van der Waals surface area contributed by atoms with Crippen LogP contribution in [-0.2, 0) is 14.3 Å². The number of anilines is 1. The standard InChI is InChI=1S/C25H29N5O8/c1-5-14(3)21(25(33)34)28-24(32)16-9-10-29-19(12-16)27-22(23(29)26-13-20(31)38-6-2)15-7-8-18(37-4)17(11-15)30(35)36/h7-12,14,21,26H,5-6,13H2,1-4H3,(H,28,32)(H,33,34). The Bertz CT molecular complexity index is 1370. The lowest BCUT2D eigenvalue weighted by molar-refractivity contribution is -0.385. The molecule has 0 aliphatic rings. The lowest BCUT2D eigenvalue weighted by Gasteiger charge is -2.20. The van der Waals surface area contributed by atoms with Gasteiger partial charge in [0.15, 0.2) is 5.75 Å². The van der Waals surface area contributed by atoms with Gasteiger partial charge in [-0.25, -0.2) is 9.78 Å². The van der Waals surface area contributed by atoms with Crippen molar-refractivity contribution >= 4 is 35.0 Å². The van der Waals surface area contributed by atoms with Gasteiger partial charge < -0.3 is 25.2 Å². The lowest BCUT2D eigenvalue weighted by Crippen LogP contribution is -2.45. The summed E-state index contributed by atoms with van der Waals surface area (Å²) < 4.78 is 11.6. The van der Waals surface area contributed by atoms with E-state index in [1.165, 1.54) is 37.6 Å². The van der Waals surface area contributed by atoms with Gasteiger partial charge in [0, 0.05) is 23.4 Å². The number of imidazole rings is 1. The van der Waals surface area contributed by atoms with Crippen LogP contribution in [0.2, 0.25) is 0 Å². The van der Waals surface area contributed by atoms with E-state index in [0.29, 0.717) is 17.8 Å². The van der Waals surface area contributed by atoms with E-state index < -0.39 is 28.8 Å². The number of carbonyl (C=O) groups is 3. The van der Waals surface area contributed by atoms with Crippen LogP contribution < -0.4 is 15.4 Å². The van der Waals surface area contributed by atoms with Crippen molar-refractivity contribution in [3.63, 3.8) is 0 Å². The zero-order chi connectivity index (χ0) is 28.0. The second-order valence-corrected chi connectivity index (χ2v) is 8.43. The number of nitro benzene ring substituents is 1. The zero-order valence-corrected chi connectivity index (χ0v) is 21.4. The molecule has 3 rings (SSSR count). The normalized spacial score (nSPS) is 12.4. The highest BCUT2D eigenvalue weighted by Crippen LogP contribution is 2.35. The van der Waals surface area contributed by atoms with Gasteiger partial charge in [0.1, 0.15) is 29.7 Å². The molecule has 13 heteroatoms. The number of fused-ring (bicyclic) bond motifs is 1. The number of amides is 1. The number of carbonyl (C=O) groups excluding carboxylic acids is 2. The van der Waals surface area contributed by atoms with Gasteiger partial charge in [0.25, 0.3) is 5.91 Å². The molecule has 13 nitrogen and oxygen atoms in total. The highest BCUT2D eigenvalue weighted by molar-refractivity contribution is 5.97. The van der Waals surface area contributed by atoms with Crippen molar-refractivity contribution in [1.82, 2.24) is 14.7 Å². The number of aromatic nitrogens is 2.